The number of anilines is 2. The van der Waals surface area contributed by atoms with Gasteiger partial charge >= 0.3 is 0 Å². The molecule has 0 unspecified atom stereocenters. The highest BCUT2D eigenvalue weighted by molar-refractivity contribution is 7.92. The van der Waals surface area contributed by atoms with Gasteiger partial charge in [0.1, 0.15) is 11.8 Å². The highest BCUT2D eigenvalue weighted by atomic mass is 32.2. The zero-order valence-corrected chi connectivity index (χ0v) is 21.8. The fourth-order valence-electron chi connectivity index (χ4n) is 4.93. The highest BCUT2D eigenvalue weighted by Gasteiger charge is 2.42. The van der Waals surface area contributed by atoms with Crippen LogP contribution in [0.3, 0.4) is 0 Å². The Morgan fingerprint density at radius 1 is 1.25 bits per heavy atom. The van der Waals surface area contributed by atoms with Gasteiger partial charge in [-0.15, -0.1) is 0 Å². The molecule has 2 aliphatic rings. The maximum absolute atomic E-state index is 12.0. The molecule has 5 rings (SSSR count). The van der Waals surface area contributed by atoms with Crippen molar-refractivity contribution in [2.24, 2.45) is 0 Å². The predicted molar refractivity (Wildman–Crippen MR) is 143 cm³/mol. The van der Waals surface area contributed by atoms with Crippen molar-refractivity contribution in [1.29, 1.82) is 0 Å². The molecule has 2 aromatic heterocycles. The molecular weight excluding hydrogens is 498 g/mol. The van der Waals surface area contributed by atoms with Gasteiger partial charge in [0, 0.05) is 36.9 Å². The normalized spacial score (nSPS) is 22.0. The van der Waals surface area contributed by atoms with Crippen LogP contribution < -0.4 is 19.7 Å². The van der Waals surface area contributed by atoms with Crippen molar-refractivity contribution in [3.8, 4) is 5.75 Å². The largest absolute Gasteiger partial charge is 0.495 e. The maximum atomic E-state index is 12.0. The molecule has 2 fully saturated rings. The molecule has 0 aliphatic carbocycles. The molecule has 11 heteroatoms. The first-order valence-corrected chi connectivity index (χ1v) is 14.1. The van der Waals surface area contributed by atoms with Gasteiger partial charge in [0.2, 0.25) is 10.0 Å². The van der Waals surface area contributed by atoms with Crippen LogP contribution in [0.2, 0.25) is 0 Å². The molecule has 2 N–H and O–H groups in total. The summed E-state index contributed by atoms with van der Waals surface area (Å²) in [4.78, 5) is 6.63. The van der Waals surface area contributed by atoms with E-state index in [1.54, 1.807) is 18.3 Å². The van der Waals surface area contributed by atoms with Crippen LogP contribution in [0.4, 0.5) is 11.4 Å². The Kier molecular flexibility index (Phi) is 6.87. The Labute approximate surface area is 216 Å². The lowest BCUT2D eigenvalue weighted by Crippen LogP contribution is -2.31. The average molecular weight is 528 g/mol. The Morgan fingerprint density at radius 3 is 2.81 bits per heavy atom. The second-order valence-corrected chi connectivity index (χ2v) is 11.1. The first kappa shape index (κ1) is 24.5. The summed E-state index contributed by atoms with van der Waals surface area (Å²) >= 11 is 5.83. The minimum absolute atomic E-state index is 0.172. The lowest BCUT2D eigenvalue weighted by Gasteiger charge is -2.30. The number of hydrogen-bond donors (Lipinski definition) is 2. The molecule has 0 bridgehead atoms. The van der Waals surface area contributed by atoms with E-state index in [2.05, 4.69) is 31.9 Å². The molecule has 1 aromatic carbocycles. The lowest BCUT2D eigenvalue weighted by atomic mass is 10.0. The van der Waals surface area contributed by atoms with E-state index >= 15 is 0 Å². The molecule has 3 atom stereocenters. The molecular formula is C25H29N5O4S2. The minimum Gasteiger partial charge on any atom is -0.495 e. The SMILES string of the molecule is COc1ccc(N2C(=S)N[C@H](c3ccccn3)[C@H]2c2cccn2C[C@H]2CCCO2)cc1NS(C)(=O)=O. The first-order chi connectivity index (χ1) is 17.3. The van der Waals surface area contributed by atoms with Crippen LogP contribution in [0.5, 0.6) is 5.75 Å². The summed E-state index contributed by atoms with van der Waals surface area (Å²) in [5.74, 6) is 0.418. The van der Waals surface area contributed by atoms with Crippen LogP contribution >= 0.6 is 12.2 Å². The van der Waals surface area contributed by atoms with Crippen molar-refractivity contribution in [1.82, 2.24) is 14.9 Å². The first-order valence-electron chi connectivity index (χ1n) is 11.8. The Bertz CT molecular complexity index is 1340. The third-order valence-corrected chi connectivity index (χ3v) is 7.35. The Morgan fingerprint density at radius 2 is 2.11 bits per heavy atom. The van der Waals surface area contributed by atoms with Crippen LogP contribution in [0.25, 0.3) is 0 Å². The van der Waals surface area contributed by atoms with Gasteiger partial charge in [-0.2, -0.15) is 0 Å². The summed E-state index contributed by atoms with van der Waals surface area (Å²) in [6, 6.07) is 14.9. The number of benzene rings is 1. The smallest absolute Gasteiger partial charge is 0.229 e. The predicted octanol–water partition coefficient (Wildman–Crippen LogP) is 3.62. The monoisotopic (exact) mass is 527 g/mol. The number of nitrogens with zero attached hydrogens (tertiary/aromatic N) is 3. The van der Waals surface area contributed by atoms with Crippen LogP contribution in [-0.2, 0) is 21.3 Å². The summed E-state index contributed by atoms with van der Waals surface area (Å²) in [5, 5.41) is 3.98. The van der Waals surface area contributed by atoms with Crippen LogP contribution in [0.1, 0.15) is 36.3 Å². The second-order valence-electron chi connectivity index (χ2n) is 8.98. The van der Waals surface area contributed by atoms with Crippen molar-refractivity contribution in [2.75, 3.05) is 29.6 Å². The summed E-state index contributed by atoms with van der Waals surface area (Å²) in [7, 11) is -2.02. The number of thiocarbonyl (C=S) groups is 1. The van der Waals surface area contributed by atoms with Crippen LogP contribution in [0.15, 0.2) is 60.9 Å². The van der Waals surface area contributed by atoms with Gasteiger partial charge < -0.3 is 24.3 Å². The number of pyridine rings is 1. The summed E-state index contributed by atoms with van der Waals surface area (Å²) in [5.41, 5.74) is 2.99. The Balaban J connectivity index is 1.59. The van der Waals surface area contributed by atoms with Gasteiger partial charge in [0.25, 0.3) is 0 Å². The van der Waals surface area contributed by atoms with Crippen molar-refractivity contribution < 1.29 is 17.9 Å². The number of methoxy groups -OCH3 is 1. The molecule has 3 aromatic rings. The van der Waals surface area contributed by atoms with E-state index in [9.17, 15) is 8.42 Å². The van der Waals surface area contributed by atoms with E-state index in [1.807, 2.05) is 35.2 Å². The topological polar surface area (TPSA) is 97.7 Å². The number of rotatable bonds is 8. The van der Waals surface area contributed by atoms with E-state index in [0.29, 0.717) is 16.5 Å². The van der Waals surface area contributed by atoms with E-state index in [0.717, 1.165) is 49.3 Å². The quantitative estimate of drug-likeness (QED) is 0.429. The van der Waals surface area contributed by atoms with Gasteiger partial charge in [0.15, 0.2) is 5.11 Å². The van der Waals surface area contributed by atoms with Crippen LogP contribution in [-0.4, -0.2) is 49.2 Å². The third kappa shape index (κ3) is 5.04. The van der Waals surface area contributed by atoms with Crippen molar-refractivity contribution in [3.05, 3.63) is 72.3 Å². The maximum Gasteiger partial charge on any atom is 0.229 e. The lowest BCUT2D eigenvalue weighted by molar-refractivity contribution is 0.0961. The van der Waals surface area contributed by atoms with E-state index < -0.39 is 10.0 Å². The van der Waals surface area contributed by atoms with Crippen molar-refractivity contribution in [2.45, 2.75) is 37.6 Å². The molecule has 0 amide bonds. The fraction of sp³-hybridized carbons (Fsp3) is 0.360. The number of aromatic nitrogens is 2. The zero-order valence-electron chi connectivity index (χ0n) is 20.1. The molecule has 0 saturated carbocycles. The number of nitrogens with one attached hydrogen (secondary N) is 2. The molecule has 190 valence electrons. The molecule has 0 radical (unpaired) electrons. The molecule has 9 nitrogen and oxygen atoms in total. The van der Waals surface area contributed by atoms with Gasteiger partial charge in [-0.3, -0.25) is 9.71 Å². The molecule has 2 saturated heterocycles. The summed E-state index contributed by atoms with van der Waals surface area (Å²) in [6.45, 7) is 1.54. The Hall–Kier alpha value is -3.15. The van der Waals surface area contributed by atoms with E-state index in [1.165, 1.54) is 7.11 Å². The van der Waals surface area contributed by atoms with Gasteiger partial charge in [-0.25, -0.2) is 8.42 Å². The number of hydrogen-bond acceptors (Lipinski definition) is 6. The van der Waals surface area contributed by atoms with E-state index in [4.69, 9.17) is 21.7 Å². The summed E-state index contributed by atoms with van der Waals surface area (Å²) < 4.78 is 40.1. The molecule has 0 spiro atoms. The number of ether oxygens (including phenoxy) is 2. The van der Waals surface area contributed by atoms with Crippen molar-refractivity contribution >= 4 is 38.7 Å². The number of sulfonamides is 1. The zero-order chi connectivity index (χ0) is 25.3. The molecule has 2 aliphatic heterocycles. The fourth-order valence-corrected chi connectivity index (χ4v) is 5.83. The third-order valence-electron chi connectivity index (χ3n) is 6.45. The van der Waals surface area contributed by atoms with Gasteiger partial charge in [0.05, 0.1) is 36.9 Å². The van der Waals surface area contributed by atoms with Gasteiger partial charge in [-0.1, -0.05) is 6.07 Å². The average Bonchev–Trinajstić information content (AvgIpc) is 3.59. The van der Waals surface area contributed by atoms with Gasteiger partial charge in [-0.05, 0) is 67.5 Å². The second kappa shape index (κ2) is 10.1. The van der Waals surface area contributed by atoms with Crippen molar-refractivity contribution in [3.63, 3.8) is 0 Å². The van der Waals surface area contributed by atoms with E-state index in [-0.39, 0.29) is 18.2 Å². The standard InChI is InChI=1S/C25H29N5O4S2/c1-33-22-11-10-17(15-20(22)28-36(2,31)32)30-24(23(27-25(30)35)19-8-3-4-12-26-19)21-9-5-13-29(21)16-18-7-6-14-34-18/h3-5,8-13,15,18,23-24,28H,6-7,14,16H2,1-2H3,(H,27,35)/t18-,23-,24-/m1/s1. The summed E-state index contributed by atoms with van der Waals surface area (Å²) in [6.07, 6.45) is 7.22. The highest BCUT2D eigenvalue weighted by Crippen LogP contribution is 2.43. The minimum atomic E-state index is -3.52. The molecule has 4 heterocycles. The molecule has 36 heavy (non-hydrogen) atoms. The van der Waals surface area contributed by atoms with Crippen LogP contribution in [0, 0.1) is 0 Å².